The SMILES string of the molecule is N#Cc1cc(Br)cc(S(=O)(=O)Cl)c1. The van der Waals surface area contributed by atoms with Crippen molar-refractivity contribution in [1.82, 2.24) is 0 Å². The summed E-state index contributed by atoms with van der Waals surface area (Å²) in [7, 11) is 1.33. The summed E-state index contributed by atoms with van der Waals surface area (Å²) in [6.45, 7) is 0. The van der Waals surface area contributed by atoms with Crippen molar-refractivity contribution >= 4 is 35.7 Å². The minimum absolute atomic E-state index is 0.0832. The molecule has 68 valence electrons. The topological polar surface area (TPSA) is 57.9 Å². The lowest BCUT2D eigenvalue weighted by Crippen LogP contribution is -1.91. The van der Waals surface area contributed by atoms with Gasteiger partial charge in [-0.05, 0) is 18.2 Å². The predicted octanol–water partition coefficient (Wildman–Crippen LogP) is 2.25. The summed E-state index contributed by atoms with van der Waals surface area (Å²) in [5.74, 6) is 0. The van der Waals surface area contributed by atoms with E-state index in [9.17, 15) is 8.42 Å². The molecule has 3 nitrogen and oxygen atoms in total. The van der Waals surface area contributed by atoms with Gasteiger partial charge in [-0.2, -0.15) is 5.26 Å². The lowest BCUT2D eigenvalue weighted by molar-refractivity contribution is 0.609. The van der Waals surface area contributed by atoms with Crippen LogP contribution in [0.2, 0.25) is 0 Å². The first-order valence-electron chi connectivity index (χ1n) is 3.09. The maximum absolute atomic E-state index is 10.9. The Morgan fingerprint density at radius 1 is 1.38 bits per heavy atom. The standard InChI is InChI=1S/C7H3BrClNO2S/c8-6-1-5(4-10)2-7(3-6)13(9,11)12/h1-3H. The molecule has 0 saturated carbocycles. The summed E-state index contributed by atoms with van der Waals surface area (Å²) in [6.07, 6.45) is 0. The van der Waals surface area contributed by atoms with Crippen molar-refractivity contribution in [3.63, 3.8) is 0 Å². The third-order valence-electron chi connectivity index (χ3n) is 1.28. The van der Waals surface area contributed by atoms with Crippen LogP contribution in [-0.2, 0) is 9.05 Å². The van der Waals surface area contributed by atoms with Gasteiger partial charge in [0.25, 0.3) is 9.05 Å². The molecule has 0 aliphatic carbocycles. The van der Waals surface area contributed by atoms with Crippen LogP contribution in [-0.4, -0.2) is 8.42 Å². The van der Waals surface area contributed by atoms with Gasteiger partial charge in [0.2, 0.25) is 0 Å². The smallest absolute Gasteiger partial charge is 0.207 e. The molecule has 1 aromatic rings. The van der Waals surface area contributed by atoms with Gasteiger partial charge >= 0.3 is 0 Å². The van der Waals surface area contributed by atoms with Gasteiger partial charge in [-0.25, -0.2) is 8.42 Å². The minimum Gasteiger partial charge on any atom is -0.207 e. The van der Waals surface area contributed by atoms with Gasteiger partial charge < -0.3 is 0 Å². The molecule has 0 radical (unpaired) electrons. The number of nitrogens with zero attached hydrogens (tertiary/aromatic N) is 1. The second-order valence-corrected chi connectivity index (χ2v) is 5.71. The molecule has 6 heteroatoms. The third kappa shape index (κ3) is 2.69. The van der Waals surface area contributed by atoms with Crippen LogP contribution in [0.3, 0.4) is 0 Å². The Bertz CT molecular complexity index is 478. The molecule has 0 N–H and O–H groups in total. The highest BCUT2D eigenvalue weighted by Crippen LogP contribution is 2.21. The molecule has 1 aromatic carbocycles. The summed E-state index contributed by atoms with van der Waals surface area (Å²) >= 11 is 3.07. The van der Waals surface area contributed by atoms with Gasteiger partial charge in [0, 0.05) is 15.2 Å². The number of nitriles is 1. The normalized spacial score (nSPS) is 10.8. The van der Waals surface area contributed by atoms with E-state index in [-0.39, 0.29) is 10.5 Å². The van der Waals surface area contributed by atoms with Crippen molar-refractivity contribution in [2.24, 2.45) is 0 Å². The lowest BCUT2D eigenvalue weighted by atomic mass is 10.2. The van der Waals surface area contributed by atoms with Gasteiger partial charge in [-0.1, -0.05) is 15.9 Å². The van der Waals surface area contributed by atoms with E-state index in [4.69, 9.17) is 15.9 Å². The van der Waals surface area contributed by atoms with Crippen LogP contribution in [0.4, 0.5) is 0 Å². The van der Waals surface area contributed by atoms with E-state index in [0.717, 1.165) is 0 Å². The first kappa shape index (κ1) is 10.5. The number of benzene rings is 1. The largest absolute Gasteiger partial charge is 0.261 e. The molecule has 0 spiro atoms. The van der Waals surface area contributed by atoms with E-state index in [1.165, 1.54) is 18.2 Å². The third-order valence-corrected chi connectivity index (χ3v) is 3.07. The zero-order valence-electron chi connectivity index (χ0n) is 6.16. The summed E-state index contributed by atoms with van der Waals surface area (Å²) < 4.78 is 22.3. The summed E-state index contributed by atoms with van der Waals surface area (Å²) in [5.41, 5.74) is 0.244. The Morgan fingerprint density at radius 3 is 2.46 bits per heavy atom. The molecule has 0 heterocycles. The average Bonchev–Trinajstić information content (AvgIpc) is 2.01. The Hall–Kier alpha value is -0.570. The van der Waals surface area contributed by atoms with Crippen LogP contribution in [0.5, 0.6) is 0 Å². The van der Waals surface area contributed by atoms with Crippen LogP contribution in [0.15, 0.2) is 27.6 Å². The Labute approximate surface area is 88.5 Å². The molecule has 0 saturated heterocycles. The predicted molar refractivity (Wildman–Crippen MR) is 51.9 cm³/mol. The van der Waals surface area contributed by atoms with E-state index in [1.54, 1.807) is 0 Å². The van der Waals surface area contributed by atoms with E-state index < -0.39 is 9.05 Å². The second-order valence-electron chi connectivity index (χ2n) is 2.23. The molecule has 0 atom stereocenters. The second kappa shape index (κ2) is 3.66. The van der Waals surface area contributed by atoms with Crippen molar-refractivity contribution in [3.05, 3.63) is 28.2 Å². The zero-order valence-corrected chi connectivity index (χ0v) is 9.32. The first-order valence-corrected chi connectivity index (χ1v) is 6.19. The highest BCUT2D eigenvalue weighted by atomic mass is 79.9. The Balaban J connectivity index is 3.44. The van der Waals surface area contributed by atoms with Crippen LogP contribution in [0.1, 0.15) is 5.56 Å². The molecular weight excluding hydrogens is 278 g/mol. The van der Waals surface area contributed by atoms with Crippen LogP contribution >= 0.6 is 26.6 Å². The highest BCUT2D eigenvalue weighted by molar-refractivity contribution is 9.10. The summed E-state index contributed by atoms with van der Waals surface area (Å²) in [6, 6.07) is 5.88. The number of halogens is 2. The number of hydrogen-bond donors (Lipinski definition) is 0. The maximum atomic E-state index is 10.9. The van der Waals surface area contributed by atoms with Crippen molar-refractivity contribution in [2.75, 3.05) is 0 Å². The summed E-state index contributed by atoms with van der Waals surface area (Å²) in [4.78, 5) is -0.0832. The molecule has 0 bridgehead atoms. The molecule has 0 aromatic heterocycles. The van der Waals surface area contributed by atoms with Crippen molar-refractivity contribution in [2.45, 2.75) is 4.90 Å². The van der Waals surface area contributed by atoms with Crippen molar-refractivity contribution in [1.29, 1.82) is 5.26 Å². The van der Waals surface area contributed by atoms with Gasteiger partial charge in [-0.15, -0.1) is 0 Å². The van der Waals surface area contributed by atoms with E-state index in [0.29, 0.717) is 4.47 Å². The molecule has 0 unspecified atom stereocenters. The van der Waals surface area contributed by atoms with E-state index in [1.807, 2.05) is 6.07 Å². The molecule has 1 rings (SSSR count). The van der Waals surface area contributed by atoms with Crippen LogP contribution < -0.4 is 0 Å². The average molecular weight is 281 g/mol. The van der Waals surface area contributed by atoms with Crippen LogP contribution in [0.25, 0.3) is 0 Å². The number of rotatable bonds is 1. The molecular formula is C7H3BrClNO2S. The van der Waals surface area contributed by atoms with Crippen LogP contribution in [0, 0.1) is 11.3 Å². The Morgan fingerprint density at radius 2 is 2.00 bits per heavy atom. The first-order chi connectivity index (χ1) is 5.93. The fourth-order valence-electron chi connectivity index (χ4n) is 0.768. The van der Waals surface area contributed by atoms with Gasteiger partial charge in [0.05, 0.1) is 16.5 Å². The van der Waals surface area contributed by atoms with Gasteiger partial charge in [0.15, 0.2) is 0 Å². The summed E-state index contributed by atoms with van der Waals surface area (Å²) in [5, 5.41) is 8.54. The quantitative estimate of drug-likeness (QED) is 0.741. The highest BCUT2D eigenvalue weighted by Gasteiger charge is 2.11. The van der Waals surface area contributed by atoms with E-state index in [2.05, 4.69) is 15.9 Å². The van der Waals surface area contributed by atoms with Crippen molar-refractivity contribution in [3.8, 4) is 6.07 Å². The van der Waals surface area contributed by atoms with Crippen molar-refractivity contribution < 1.29 is 8.42 Å². The number of hydrogen-bond acceptors (Lipinski definition) is 3. The molecule has 0 aliphatic heterocycles. The lowest BCUT2D eigenvalue weighted by Gasteiger charge is -1.97. The Kier molecular flexibility index (Phi) is 2.96. The zero-order chi connectivity index (χ0) is 10.1. The van der Waals surface area contributed by atoms with E-state index >= 15 is 0 Å². The molecule has 0 aliphatic rings. The fourth-order valence-corrected chi connectivity index (χ4v) is 2.22. The van der Waals surface area contributed by atoms with Gasteiger partial charge in [-0.3, -0.25) is 0 Å². The monoisotopic (exact) mass is 279 g/mol. The minimum atomic E-state index is -3.77. The maximum Gasteiger partial charge on any atom is 0.261 e. The fraction of sp³-hybridized carbons (Fsp3) is 0. The molecule has 0 fully saturated rings. The van der Waals surface area contributed by atoms with Gasteiger partial charge in [0.1, 0.15) is 0 Å². The molecule has 13 heavy (non-hydrogen) atoms. The molecule has 0 amide bonds.